The van der Waals surface area contributed by atoms with Crippen molar-refractivity contribution in [2.24, 2.45) is 0 Å². The van der Waals surface area contributed by atoms with E-state index in [0.29, 0.717) is 21.9 Å². The Labute approximate surface area is 118 Å². The van der Waals surface area contributed by atoms with E-state index in [2.05, 4.69) is 15.9 Å². The van der Waals surface area contributed by atoms with Crippen molar-refractivity contribution in [3.05, 3.63) is 44.1 Å². The summed E-state index contributed by atoms with van der Waals surface area (Å²) in [6.45, 7) is 1.96. The normalized spacial score (nSPS) is 10.4. The molecule has 0 saturated heterocycles. The van der Waals surface area contributed by atoms with E-state index in [-0.39, 0.29) is 5.78 Å². The second-order valence-corrected chi connectivity index (χ2v) is 5.88. The van der Waals surface area contributed by atoms with E-state index in [1.807, 2.05) is 13.0 Å². The maximum atomic E-state index is 12.4. The molecule has 94 valence electrons. The maximum Gasteiger partial charge on any atom is 0.208 e. The lowest BCUT2D eigenvalue weighted by Gasteiger charge is -2.08. The predicted octanol–water partition coefficient (Wildman–Crippen LogP) is 3.64. The highest BCUT2D eigenvalue weighted by Gasteiger charge is 2.20. The van der Waals surface area contributed by atoms with Crippen LogP contribution in [0.3, 0.4) is 0 Å². The van der Waals surface area contributed by atoms with Gasteiger partial charge in [-0.3, -0.25) is 4.79 Å². The van der Waals surface area contributed by atoms with Gasteiger partial charge in [0.25, 0.3) is 0 Å². The molecule has 0 radical (unpaired) electrons. The molecule has 0 amide bonds. The Balaban J connectivity index is 2.52. The Kier molecular flexibility index (Phi) is 3.73. The zero-order chi connectivity index (χ0) is 13.3. The molecule has 0 saturated carbocycles. The summed E-state index contributed by atoms with van der Waals surface area (Å²) < 4.78 is 6.13. The maximum absolute atomic E-state index is 12.4. The smallest absolute Gasteiger partial charge is 0.208 e. The number of anilines is 1. The predicted molar refractivity (Wildman–Crippen MR) is 77.6 cm³/mol. The van der Waals surface area contributed by atoms with Gasteiger partial charge in [-0.15, -0.1) is 11.3 Å². The van der Waals surface area contributed by atoms with Crippen LogP contribution in [-0.4, -0.2) is 12.9 Å². The number of rotatable bonds is 3. The van der Waals surface area contributed by atoms with Crippen LogP contribution in [0.15, 0.2) is 28.7 Å². The van der Waals surface area contributed by atoms with Crippen molar-refractivity contribution in [3.63, 3.8) is 0 Å². The van der Waals surface area contributed by atoms with E-state index in [0.717, 1.165) is 9.35 Å². The molecule has 0 aliphatic heterocycles. The van der Waals surface area contributed by atoms with Gasteiger partial charge in [-0.2, -0.15) is 0 Å². The summed E-state index contributed by atoms with van der Waals surface area (Å²) in [5.41, 5.74) is 6.73. The SMILES string of the molecule is COc1cccc(N)c1C(=O)c1cc(Br)c(C)s1. The number of ketones is 1. The highest BCUT2D eigenvalue weighted by atomic mass is 79.9. The number of hydrogen-bond donors (Lipinski definition) is 1. The van der Waals surface area contributed by atoms with Gasteiger partial charge in [-0.05, 0) is 41.1 Å². The van der Waals surface area contributed by atoms with Crippen molar-refractivity contribution < 1.29 is 9.53 Å². The van der Waals surface area contributed by atoms with Gasteiger partial charge < -0.3 is 10.5 Å². The zero-order valence-corrected chi connectivity index (χ0v) is 12.4. The lowest BCUT2D eigenvalue weighted by Crippen LogP contribution is -2.06. The second kappa shape index (κ2) is 5.12. The van der Waals surface area contributed by atoms with Crippen LogP contribution in [0.4, 0.5) is 5.69 Å². The summed E-state index contributed by atoms with van der Waals surface area (Å²) in [7, 11) is 1.53. The van der Waals surface area contributed by atoms with Gasteiger partial charge in [-0.25, -0.2) is 0 Å². The molecule has 2 rings (SSSR count). The molecule has 0 aliphatic rings. The number of halogens is 1. The molecular formula is C13H12BrNO2S. The van der Waals surface area contributed by atoms with Crippen LogP contribution in [0.5, 0.6) is 5.75 Å². The number of hydrogen-bond acceptors (Lipinski definition) is 4. The number of aryl methyl sites for hydroxylation is 1. The van der Waals surface area contributed by atoms with Gasteiger partial charge in [0.1, 0.15) is 5.75 Å². The summed E-state index contributed by atoms with van der Waals surface area (Å²) in [6.07, 6.45) is 0. The van der Waals surface area contributed by atoms with Crippen LogP contribution < -0.4 is 10.5 Å². The zero-order valence-electron chi connectivity index (χ0n) is 9.99. The van der Waals surface area contributed by atoms with Crippen LogP contribution in [0.2, 0.25) is 0 Å². The van der Waals surface area contributed by atoms with Crippen LogP contribution in [0.25, 0.3) is 0 Å². The fourth-order valence-corrected chi connectivity index (χ4v) is 3.14. The van der Waals surface area contributed by atoms with E-state index >= 15 is 0 Å². The standard InChI is InChI=1S/C13H12BrNO2S/c1-7-8(14)6-11(18-7)13(16)12-9(15)4-3-5-10(12)17-2/h3-6H,15H2,1-2H3. The molecule has 0 atom stereocenters. The number of benzene rings is 1. The molecule has 18 heavy (non-hydrogen) atoms. The second-order valence-electron chi connectivity index (χ2n) is 3.77. The summed E-state index contributed by atoms with van der Waals surface area (Å²) >= 11 is 4.84. The molecular weight excluding hydrogens is 314 g/mol. The minimum Gasteiger partial charge on any atom is -0.496 e. The fourth-order valence-electron chi connectivity index (χ4n) is 1.66. The van der Waals surface area contributed by atoms with Crippen molar-refractivity contribution in [2.75, 3.05) is 12.8 Å². The molecule has 1 heterocycles. The Morgan fingerprint density at radius 2 is 2.17 bits per heavy atom. The minimum absolute atomic E-state index is 0.108. The molecule has 5 heteroatoms. The van der Waals surface area contributed by atoms with Crippen molar-refractivity contribution >= 4 is 38.7 Å². The number of nitrogens with two attached hydrogens (primary N) is 1. The molecule has 0 spiro atoms. The lowest BCUT2D eigenvalue weighted by molar-refractivity contribution is 0.104. The Morgan fingerprint density at radius 3 is 2.72 bits per heavy atom. The van der Waals surface area contributed by atoms with E-state index in [4.69, 9.17) is 10.5 Å². The quantitative estimate of drug-likeness (QED) is 0.692. The van der Waals surface area contributed by atoms with Crippen LogP contribution in [0.1, 0.15) is 20.1 Å². The fraction of sp³-hybridized carbons (Fsp3) is 0.154. The first-order valence-corrected chi connectivity index (χ1v) is 6.88. The van der Waals surface area contributed by atoms with Gasteiger partial charge in [0.2, 0.25) is 5.78 Å². The molecule has 0 bridgehead atoms. The summed E-state index contributed by atoms with van der Waals surface area (Å²) in [6, 6.07) is 7.01. The average molecular weight is 326 g/mol. The third kappa shape index (κ3) is 2.28. The highest BCUT2D eigenvalue weighted by Crippen LogP contribution is 2.32. The van der Waals surface area contributed by atoms with Crippen molar-refractivity contribution in [2.45, 2.75) is 6.92 Å². The minimum atomic E-state index is -0.108. The number of thiophene rings is 1. The Bertz CT molecular complexity index is 588. The van der Waals surface area contributed by atoms with Gasteiger partial charge in [-0.1, -0.05) is 6.07 Å². The van der Waals surface area contributed by atoms with Gasteiger partial charge in [0.15, 0.2) is 0 Å². The number of nitrogen functional groups attached to an aromatic ring is 1. The van der Waals surface area contributed by atoms with Crippen molar-refractivity contribution in [1.82, 2.24) is 0 Å². The lowest BCUT2D eigenvalue weighted by atomic mass is 10.1. The molecule has 2 N–H and O–H groups in total. The Morgan fingerprint density at radius 1 is 1.44 bits per heavy atom. The summed E-state index contributed by atoms with van der Waals surface area (Å²) in [5, 5.41) is 0. The highest BCUT2D eigenvalue weighted by molar-refractivity contribution is 9.10. The van der Waals surface area contributed by atoms with Gasteiger partial charge >= 0.3 is 0 Å². The van der Waals surface area contributed by atoms with E-state index < -0.39 is 0 Å². The molecule has 0 aliphatic carbocycles. The number of methoxy groups -OCH3 is 1. The van der Waals surface area contributed by atoms with E-state index in [1.165, 1.54) is 18.4 Å². The van der Waals surface area contributed by atoms with Gasteiger partial charge in [0, 0.05) is 15.0 Å². The third-order valence-corrected chi connectivity index (χ3v) is 4.72. The first kappa shape index (κ1) is 13.1. The van der Waals surface area contributed by atoms with Crippen molar-refractivity contribution in [3.8, 4) is 5.75 Å². The van der Waals surface area contributed by atoms with Crippen LogP contribution in [0, 0.1) is 6.92 Å². The van der Waals surface area contributed by atoms with E-state index in [9.17, 15) is 4.79 Å². The number of ether oxygens (including phenoxy) is 1. The third-order valence-electron chi connectivity index (χ3n) is 2.59. The summed E-state index contributed by atoms with van der Waals surface area (Å²) in [4.78, 5) is 14.2. The number of carbonyl (C=O) groups excluding carboxylic acids is 1. The average Bonchev–Trinajstić information content (AvgIpc) is 2.68. The van der Waals surface area contributed by atoms with Gasteiger partial charge in [0.05, 0.1) is 17.6 Å². The molecule has 1 aromatic heterocycles. The molecule has 2 aromatic rings. The molecule has 0 unspecified atom stereocenters. The largest absolute Gasteiger partial charge is 0.496 e. The molecule has 1 aromatic carbocycles. The first-order valence-electron chi connectivity index (χ1n) is 5.27. The monoisotopic (exact) mass is 325 g/mol. The molecule has 0 fully saturated rings. The topological polar surface area (TPSA) is 52.3 Å². The van der Waals surface area contributed by atoms with Crippen LogP contribution >= 0.6 is 27.3 Å². The first-order chi connectivity index (χ1) is 8.54. The van der Waals surface area contributed by atoms with Crippen molar-refractivity contribution in [1.29, 1.82) is 0 Å². The summed E-state index contributed by atoms with van der Waals surface area (Å²) in [5.74, 6) is 0.394. The Hall–Kier alpha value is -1.33. The number of carbonyl (C=O) groups is 1. The van der Waals surface area contributed by atoms with E-state index in [1.54, 1.807) is 18.2 Å². The molecule has 3 nitrogen and oxygen atoms in total. The van der Waals surface area contributed by atoms with Crippen LogP contribution in [-0.2, 0) is 0 Å².